The van der Waals surface area contributed by atoms with Crippen LogP contribution in [0.25, 0.3) is 0 Å². The van der Waals surface area contributed by atoms with Crippen molar-refractivity contribution in [2.24, 2.45) is 0 Å². The van der Waals surface area contributed by atoms with Gasteiger partial charge in [0.15, 0.2) is 11.0 Å². The average molecular weight is 235 g/mol. The smallest absolute Gasteiger partial charge is 0.151 e. The van der Waals surface area contributed by atoms with Gasteiger partial charge in [-0.1, -0.05) is 11.6 Å². The van der Waals surface area contributed by atoms with Crippen molar-refractivity contribution in [3.8, 4) is 0 Å². The summed E-state index contributed by atoms with van der Waals surface area (Å²) >= 11 is 5.65. The van der Waals surface area contributed by atoms with Crippen molar-refractivity contribution in [2.45, 2.75) is 0 Å². The summed E-state index contributed by atoms with van der Waals surface area (Å²) in [6.45, 7) is 3.97. The van der Waals surface area contributed by atoms with Gasteiger partial charge < -0.3 is 10.2 Å². The molecule has 1 aromatic heterocycles. The second-order valence-corrected chi connectivity index (χ2v) is 3.34. The van der Waals surface area contributed by atoms with Crippen LogP contribution in [0.4, 0.5) is 5.82 Å². The fourth-order valence-electron chi connectivity index (χ4n) is 1.37. The summed E-state index contributed by atoms with van der Waals surface area (Å²) in [6, 6.07) is 3.67. The van der Waals surface area contributed by atoms with Gasteiger partial charge in [0.25, 0.3) is 0 Å². The number of aromatic nitrogens is 2. The minimum Gasteiger partial charge on any atom is -0.353 e. The Kier molecular flexibility index (Phi) is 4.38. The van der Waals surface area contributed by atoms with Crippen LogP contribution < -0.4 is 10.2 Å². The molecule has 1 fully saturated rings. The molecule has 4 nitrogen and oxygen atoms in total. The monoisotopic (exact) mass is 234 g/mol. The van der Waals surface area contributed by atoms with Crippen LogP contribution in [0.2, 0.25) is 5.15 Å². The summed E-state index contributed by atoms with van der Waals surface area (Å²) in [5, 5.41) is 11.5. The maximum atomic E-state index is 5.65. The van der Waals surface area contributed by atoms with E-state index in [-0.39, 0.29) is 12.4 Å². The number of hydrogen-bond donors (Lipinski definition) is 1. The summed E-state index contributed by atoms with van der Waals surface area (Å²) in [7, 11) is 0. The Labute approximate surface area is 94.1 Å². The van der Waals surface area contributed by atoms with Gasteiger partial charge in [0, 0.05) is 26.2 Å². The summed E-state index contributed by atoms with van der Waals surface area (Å²) < 4.78 is 0. The predicted molar refractivity (Wildman–Crippen MR) is 59.4 cm³/mol. The van der Waals surface area contributed by atoms with E-state index in [0.717, 1.165) is 32.0 Å². The molecule has 1 aliphatic heterocycles. The van der Waals surface area contributed by atoms with Crippen molar-refractivity contribution >= 4 is 29.8 Å². The quantitative estimate of drug-likeness (QED) is 0.787. The minimum absolute atomic E-state index is 0. The van der Waals surface area contributed by atoms with Crippen LogP contribution in [0.1, 0.15) is 0 Å². The molecule has 6 heteroatoms. The first-order valence-electron chi connectivity index (χ1n) is 4.31. The van der Waals surface area contributed by atoms with E-state index in [1.165, 1.54) is 0 Å². The Morgan fingerprint density at radius 1 is 1.21 bits per heavy atom. The second kappa shape index (κ2) is 5.34. The molecule has 0 amide bonds. The van der Waals surface area contributed by atoms with Crippen molar-refractivity contribution < 1.29 is 0 Å². The molecule has 1 N–H and O–H groups in total. The predicted octanol–water partition coefficient (Wildman–Crippen LogP) is 0.961. The Balaban J connectivity index is 0.000000980. The molecular weight excluding hydrogens is 223 g/mol. The first-order valence-corrected chi connectivity index (χ1v) is 4.69. The lowest BCUT2D eigenvalue weighted by atomic mass is 10.3. The molecule has 1 saturated heterocycles. The number of nitrogens with one attached hydrogen (secondary N) is 1. The Hall–Kier alpha value is -0.580. The van der Waals surface area contributed by atoms with Gasteiger partial charge in [0.05, 0.1) is 0 Å². The molecule has 2 heterocycles. The molecule has 14 heavy (non-hydrogen) atoms. The molecular formula is C8H12Cl2N4. The molecule has 0 aliphatic carbocycles. The van der Waals surface area contributed by atoms with Crippen molar-refractivity contribution in [3.63, 3.8) is 0 Å². The van der Waals surface area contributed by atoms with Gasteiger partial charge in [-0.25, -0.2) is 0 Å². The summed E-state index contributed by atoms with van der Waals surface area (Å²) in [5.41, 5.74) is 0. The lowest BCUT2D eigenvalue weighted by molar-refractivity contribution is 0.582. The minimum atomic E-state index is 0. The van der Waals surface area contributed by atoms with Gasteiger partial charge in [0.1, 0.15) is 0 Å². The Bertz CT molecular complexity index is 271. The standard InChI is InChI=1S/C8H11ClN4.ClH/c9-7-1-2-8(12-11-7)13-5-3-10-4-6-13;/h1-2,10H,3-6H2;1H. The van der Waals surface area contributed by atoms with Gasteiger partial charge in [-0.3, -0.25) is 0 Å². The van der Waals surface area contributed by atoms with Crippen LogP contribution in [0.3, 0.4) is 0 Å². The summed E-state index contributed by atoms with van der Waals surface area (Å²) in [6.07, 6.45) is 0. The SMILES string of the molecule is Cl.Clc1ccc(N2CCNCC2)nn1. The molecule has 0 spiro atoms. The topological polar surface area (TPSA) is 41.0 Å². The van der Waals surface area contributed by atoms with Crippen LogP contribution in [0.5, 0.6) is 0 Å². The lowest BCUT2D eigenvalue weighted by Gasteiger charge is -2.27. The molecule has 78 valence electrons. The highest BCUT2D eigenvalue weighted by Crippen LogP contribution is 2.11. The molecule has 1 aromatic rings. The summed E-state index contributed by atoms with van der Waals surface area (Å²) in [5.74, 6) is 0.908. The van der Waals surface area contributed by atoms with Crippen molar-refractivity contribution in [2.75, 3.05) is 31.1 Å². The average Bonchev–Trinajstić information content (AvgIpc) is 2.20. The van der Waals surface area contributed by atoms with Crippen molar-refractivity contribution in [1.29, 1.82) is 0 Å². The molecule has 0 bridgehead atoms. The van der Waals surface area contributed by atoms with Crippen LogP contribution in [-0.4, -0.2) is 36.4 Å². The molecule has 0 aromatic carbocycles. The first kappa shape index (κ1) is 11.5. The van der Waals surface area contributed by atoms with Gasteiger partial charge in [-0.2, -0.15) is 0 Å². The Morgan fingerprint density at radius 3 is 2.50 bits per heavy atom. The molecule has 2 rings (SSSR count). The molecule has 1 aliphatic rings. The normalized spacial score (nSPS) is 16.2. The maximum absolute atomic E-state index is 5.65. The number of piperazine rings is 1. The van der Waals surface area contributed by atoms with E-state index in [4.69, 9.17) is 11.6 Å². The molecule has 0 saturated carbocycles. The third-order valence-electron chi connectivity index (χ3n) is 2.06. The highest BCUT2D eigenvalue weighted by atomic mass is 35.5. The largest absolute Gasteiger partial charge is 0.353 e. The highest BCUT2D eigenvalue weighted by Gasteiger charge is 2.11. The molecule has 0 atom stereocenters. The van der Waals surface area contributed by atoms with E-state index in [1.54, 1.807) is 6.07 Å². The van der Waals surface area contributed by atoms with Gasteiger partial charge in [0.2, 0.25) is 0 Å². The first-order chi connectivity index (χ1) is 6.36. The molecule has 0 radical (unpaired) electrons. The fraction of sp³-hybridized carbons (Fsp3) is 0.500. The van der Waals surface area contributed by atoms with Crippen molar-refractivity contribution in [1.82, 2.24) is 15.5 Å². The van der Waals surface area contributed by atoms with E-state index < -0.39 is 0 Å². The van der Waals surface area contributed by atoms with E-state index in [2.05, 4.69) is 20.4 Å². The number of anilines is 1. The van der Waals surface area contributed by atoms with E-state index in [9.17, 15) is 0 Å². The van der Waals surface area contributed by atoms with Gasteiger partial charge in [-0.15, -0.1) is 22.6 Å². The van der Waals surface area contributed by atoms with Crippen LogP contribution in [0, 0.1) is 0 Å². The zero-order chi connectivity index (χ0) is 9.10. The highest BCUT2D eigenvalue weighted by molar-refractivity contribution is 6.29. The zero-order valence-corrected chi connectivity index (χ0v) is 9.18. The maximum Gasteiger partial charge on any atom is 0.151 e. The van der Waals surface area contributed by atoms with Gasteiger partial charge >= 0.3 is 0 Å². The lowest BCUT2D eigenvalue weighted by Crippen LogP contribution is -2.43. The number of rotatable bonds is 1. The van der Waals surface area contributed by atoms with Gasteiger partial charge in [-0.05, 0) is 12.1 Å². The van der Waals surface area contributed by atoms with Crippen LogP contribution >= 0.6 is 24.0 Å². The third kappa shape index (κ3) is 2.70. The second-order valence-electron chi connectivity index (χ2n) is 2.95. The zero-order valence-electron chi connectivity index (χ0n) is 7.61. The number of hydrogen-bond acceptors (Lipinski definition) is 4. The Morgan fingerprint density at radius 2 is 1.93 bits per heavy atom. The molecule has 0 unspecified atom stereocenters. The van der Waals surface area contributed by atoms with Crippen LogP contribution in [-0.2, 0) is 0 Å². The van der Waals surface area contributed by atoms with E-state index >= 15 is 0 Å². The third-order valence-corrected chi connectivity index (χ3v) is 2.26. The fourth-order valence-corrected chi connectivity index (χ4v) is 1.47. The van der Waals surface area contributed by atoms with E-state index in [1.807, 2.05) is 6.07 Å². The summed E-state index contributed by atoms with van der Waals surface area (Å²) in [4.78, 5) is 2.19. The number of halogens is 2. The van der Waals surface area contributed by atoms with Crippen LogP contribution in [0.15, 0.2) is 12.1 Å². The van der Waals surface area contributed by atoms with E-state index in [0.29, 0.717) is 5.15 Å². The van der Waals surface area contributed by atoms with Crippen molar-refractivity contribution in [3.05, 3.63) is 17.3 Å². The number of nitrogens with zero attached hydrogens (tertiary/aromatic N) is 3.